The van der Waals surface area contributed by atoms with Crippen molar-refractivity contribution in [1.29, 1.82) is 0 Å². The van der Waals surface area contributed by atoms with Crippen molar-refractivity contribution in [2.24, 2.45) is 0 Å². The number of carbonyl (C=O) groups excluding carboxylic acids is 3. The van der Waals surface area contributed by atoms with Gasteiger partial charge in [-0.25, -0.2) is 4.79 Å². The molecular formula is C13H14N2O7S. The van der Waals surface area contributed by atoms with E-state index in [1.807, 2.05) is 0 Å². The Morgan fingerprint density at radius 1 is 1.30 bits per heavy atom. The number of nitrogens with one attached hydrogen (secondary N) is 2. The van der Waals surface area contributed by atoms with Crippen LogP contribution in [-0.4, -0.2) is 49.9 Å². The summed E-state index contributed by atoms with van der Waals surface area (Å²) in [5.74, 6) is -2.55. The minimum Gasteiger partial charge on any atom is -0.467 e. The van der Waals surface area contributed by atoms with Crippen LogP contribution in [0.1, 0.15) is 10.8 Å². The van der Waals surface area contributed by atoms with Crippen LogP contribution in [0, 0.1) is 0 Å². The molecule has 3 N–H and O–H groups in total. The summed E-state index contributed by atoms with van der Waals surface area (Å²) in [6, 6.07) is 4.92. The molecule has 2 rings (SSSR count). The molecule has 0 bridgehead atoms. The monoisotopic (exact) mass is 342 g/mol. The molecule has 1 saturated heterocycles. The van der Waals surface area contributed by atoms with Crippen LogP contribution in [0.15, 0.2) is 30.3 Å². The van der Waals surface area contributed by atoms with E-state index in [1.165, 1.54) is 24.3 Å². The standard InChI is InChI=1S/C13H14N2O7S/c1-22-13(18)9-8(11(16)15-9)14-12(17)10(23(19,20)21)7-5-3-2-4-6-7/h2-6,8-10H,1H3,(H,14,17)(H,15,16)(H,19,20,21). The molecular weight excluding hydrogens is 328 g/mol. The Hall–Kier alpha value is -2.46. The van der Waals surface area contributed by atoms with Crippen molar-refractivity contribution in [2.75, 3.05) is 7.11 Å². The van der Waals surface area contributed by atoms with Crippen LogP contribution in [0.25, 0.3) is 0 Å². The highest BCUT2D eigenvalue weighted by Gasteiger charge is 2.47. The maximum Gasteiger partial charge on any atom is 0.331 e. The van der Waals surface area contributed by atoms with E-state index in [4.69, 9.17) is 0 Å². The fourth-order valence-corrected chi connectivity index (χ4v) is 3.01. The SMILES string of the molecule is COC(=O)C1NC(=O)C1NC(=O)C(c1ccccc1)S(=O)(=O)O. The average Bonchev–Trinajstić information content (AvgIpc) is 2.49. The van der Waals surface area contributed by atoms with Crippen LogP contribution in [0.5, 0.6) is 0 Å². The normalized spacial score (nSPS) is 21.6. The van der Waals surface area contributed by atoms with E-state index in [0.717, 1.165) is 7.11 Å². The molecule has 2 amide bonds. The van der Waals surface area contributed by atoms with Gasteiger partial charge in [0.2, 0.25) is 11.8 Å². The summed E-state index contributed by atoms with van der Waals surface area (Å²) < 4.78 is 36.8. The molecule has 0 radical (unpaired) electrons. The van der Waals surface area contributed by atoms with Gasteiger partial charge in [-0.15, -0.1) is 0 Å². The van der Waals surface area contributed by atoms with E-state index in [2.05, 4.69) is 15.4 Å². The molecule has 23 heavy (non-hydrogen) atoms. The molecule has 1 aliphatic heterocycles. The van der Waals surface area contributed by atoms with Crippen molar-refractivity contribution in [3.05, 3.63) is 35.9 Å². The average molecular weight is 342 g/mol. The van der Waals surface area contributed by atoms with E-state index in [0.29, 0.717) is 0 Å². The van der Waals surface area contributed by atoms with E-state index < -0.39 is 45.2 Å². The third-order valence-corrected chi connectivity index (χ3v) is 4.39. The second-order valence-electron chi connectivity index (χ2n) is 4.80. The van der Waals surface area contributed by atoms with Crippen LogP contribution in [0.4, 0.5) is 0 Å². The van der Waals surface area contributed by atoms with Crippen molar-refractivity contribution >= 4 is 27.9 Å². The summed E-state index contributed by atoms with van der Waals surface area (Å²) in [6.07, 6.45) is 0. The van der Waals surface area contributed by atoms with Gasteiger partial charge in [0, 0.05) is 0 Å². The van der Waals surface area contributed by atoms with Crippen LogP contribution in [0.2, 0.25) is 0 Å². The molecule has 10 heteroatoms. The summed E-state index contributed by atoms with van der Waals surface area (Å²) in [6.45, 7) is 0. The Labute approximate surface area is 131 Å². The molecule has 1 aliphatic rings. The van der Waals surface area contributed by atoms with Crippen molar-refractivity contribution in [3.63, 3.8) is 0 Å². The highest BCUT2D eigenvalue weighted by molar-refractivity contribution is 7.86. The Kier molecular flexibility index (Phi) is 4.66. The van der Waals surface area contributed by atoms with Gasteiger partial charge >= 0.3 is 5.97 Å². The van der Waals surface area contributed by atoms with Gasteiger partial charge in [0.25, 0.3) is 10.1 Å². The lowest BCUT2D eigenvalue weighted by atomic mass is 9.98. The zero-order valence-corrected chi connectivity index (χ0v) is 12.7. The van der Waals surface area contributed by atoms with E-state index >= 15 is 0 Å². The fourth-order valence-electron chi connectivity index (χ4n) is 2.17. The van der Waals surface area contributed by atoms with Crippen LogP contribution >= 0.6 is 0 Å². The second-order valence-corrected chi connectivity index (χ2v) is 6.30. The summed E-state index contributed by atoms with van der Waals surface area (Å²) in [4.78, 5) is 35.1. The highest BCUT2D eigenvalue weighted by Crippen LogP contribution is 2.22. The Bertz CT molecular complexity index is 732. The van der Waals surface area contributed by atoms with Gasteiger partial charge in [0.15, 0.2) is 11.3 Å². The Balaban J connectivity index is 2.23. The molecule has 9 nitrogen and oxygen atoms in total. The molecule has 0 aromatic heterocycles. The highest BCUT2D eigenvalue weighted by atomic mass is 32.2. The van der Waals surface area contributed by atoms with Gasteiger partial charge < -0.3 is 15.4 Å². The molecule has 0 aliphatic carbocycles. The van der Waals surface area contributed by atoms with Crippen LogP contribution < -0.4 is 10.6 Å². The van der Waals surface area contributed by atoms with Gasteiger partial charge in [-0.1, -0.05) is 30.3 Å². The molecule has 124 valence electrons. The third kappa shape index (κ3) is 3.48. The lowest BCUT2D eigenvalue weighted by Crippen LogP contribution is -2.72. The number of esters is 1. The number of β-lactam (4-membered cyclic amide) rings is 1. The minimum atomic E-state index is -4.77. The summed E-state index contributed by atoms with van der Waals surface area (Å²) in [7, 11) is -3.66. The molecule has 3 atom stereocenters. The van der Waals surface area contributed by atoms with Gasteiger partial charge in [-0.3, -0.25) is 14.1 Å². The summed E-state index contributed by atoms with van der Waals surface area (Å²) in [5.41, 5.74) is 0.0295. The zero-order chi connectivity index (χ0) is 17.2. The second kappa shape index (κ2) is 6.34. The first-order chi connectivity index (χ1) is 10.8. The fraction of sp³-hybridized carbons (Fsp3) is 0.308. The largest absolute Gasteiger partial charge is 0.467 e. The lowest BCUT2D eigenvalue weighted by molar-refractivity contribution is -0.153. The van der Waals surface area contributed by atoms with E-state index in [-0.39, 0.29) is 5.56 Å². The number of ether oxygens (including phenoxy) is 1. The topological polar surface area (TPSA) is 139 Å². The molecule has 1 aromatic rings. The third-order valence-electron chi connectivity index (χ3n) is 3.30. The number of rotatable bonds is 5. The molecule has 0 saturated carbocycles. The van der Waals surface area contributed by atoms with Crippen LogP contribution in [-0.2, 0) is 29.2 Å². The first kappa shape index (κ1) is 16.9. The molecule has 1 aromatic carbocycles. The van der Waals surface area contributed by atoms with Gasteiger partial charge in [0.1, 0.15) is 6.04 Å². The van der Waals surface area contributed by atoms with Gasteiger partial charge in [0.05, 0.1) is 7.11 Å². The number of hydrogen-bond acceptors (Lipinski definition) is 6. The van der Waals surface area contributed by atoms with Crippen LogP contribution in [0.3, 0.4) is 0 Å². The van der Waals surface area contributed by atoms with Gasteiger partial charge in [-0.2, -0.15) is 8.42 Å². The smallest absolute Gasteiger partial charge is 0.331 e. The molecule has 1 fully saturated rings. The molecule has 3 unspecified atom stereocenters. The first-order valence-corrected chi connectivity index (χ1v) is 7.96. The van der Waals surface area contributed by atoms with Gasteiger partial charge in [-0.05, 0) is 5.56 Å². The predicted molar refractivity (Wildman–Crippen MR) is 76.6 cm³/mol. The molecule has 1 heterocycles. The quantitative estimate of drug-likeness (QED) is 0.346. The summed E-state index contributed by atoms with van der Waals surface area (Å²) >= 11 is 0. The Morgan fingerprint density at radius 2 is 1.91 bits per heavy atom. The first-order valence-electron chi connectivity index (χ1n) is 6.45. The molecule has 0 spiro atoms. The maximum atomic E-state index is 12.2. The Morgan fingerprint density at radius 3 is 2.39 bits per heavy atom. The predicted octanol–water partition coefficient (Wildman–Crippen LogP) is -1.23. The lowest BCUT2D eigenvalue weighted by Gasteiger charge is -2.35. The zero-order valence-electron chi connectivity index (χ0n) is 11.9. The number of methoxy groups -OCH3 is 1. The number of benzene rings is 1. The van der Waals surface area contributed by atoms with E-state index in [1.54, 1.807) is 6.07 Å². The van der Waals surface area contributed by atoms with Crippen molar-refractivity contribution in [1.82, 2.24) is 10.6 Å². The summed E-state index contributed by atoms with van der Waals surface area (Å²) in [5, 5.41) is 2.46. The minimum absolute atomic E-state index is 0.0295. The number of hydrogen-bond donors (Lipinski definition) is 3. The number of carbonyl (C=O) groups is 3. The number of amides is 2. The van der Waals surface area contributed by atoms with E-state index in [9.17, 15) is 27.4 Å². The van der Waals surface area contributed by atoms with Crippen molar-refractivity contribution in [3.8, 4) is 0 Å². The van der Waals surface area contributed by atoms with Crippen molar-refractivity contribution < 1.29 is 32.1 Å². The van der Waals surface area contributed by atoms with Crippen molar-refractivity contribution in [2.45, 2.75) is 17.3 Å². The maximum absolute atomic E-state index is 12.2.